The molecule has 1 atom stereocenters. The van der Waals surface area contributed by atoms with Gasteiger partial charge in [0.2, 0.25) is 5.91 Å². The number of carbonyl (C=O) groups excluding carboxylic acids is 2. The zero-order valence-corrected chi connectivity index (χ0v) is 17.7. The molecule has 2 aromatic rings. The molecular formula is C24H29N3O3. The summed E-state index contributed by atoms with van der Waals surface area (Å²) < 4.78 is 5.46. The first-order valence-corrected chi connectivity index (χ1v) is 10.1. The quantitative estimate of drug-likeness (QED) is 0.627. The number of likely N-dealkylation sites (N-methyl/N-ethyl adjacent to an activating group) is 1. The molecule has 158 valence electrons. The molecule has 2 N–H and O–H groups in total. The van der Waals surface area contributed by atoms with Gasteiger partial charge >= 0.3 is 0 Å². The predicted octanol–water partition coefficient (Wildman–Crippen LogP) is 3.02. The Hall–Kier alpha value is -3.12. The maximum absolute atomic E-state index is 12.3. The Morgan fingerprint density at radius 1 is 1.13 bits per heavy atom. The Morgan fingerprint density at radius 2 is 1.83 bits per heavy atom. The van der Waals surface area contributed by atoms with Crippen LogP contribution in [0, 0.1) is 0 Å². The van der Waals surface area contributed by atoms with Crippen LogP contribution in [-0.4, -0.2) is 50.5 Å². The van der Waals surface area contributed by atoms with Crippen LogP contribution < -0.4 is 15.4 Å². The summed E-state index contributed by atoms with van der Waals surface area (Å²) in [5, 5.41) is 5.92. The van der Waals surface area contributed by atoms with Gasteiger partial charge in [-0.05, 0) is 56.8 Å². The number of amides is 2. The SMILES string of the molecule is COc1ccccc1C(CNC(=O)/C=C/c1ccc(C(=O)NC2CC2)cc1)N(C)C. The van der Waals surface area contributed by atoms with Crippen molar-refractivity contribution in [2.24, 2.45) is 0 Å². The van der Waals surface area contributed by atoms with Gasteiger partial charge in [0, 0.05) is 29.8 Å². The van der Waals surface area contributed by atoms with Crippen LogP contribution in [0.5, 0.6) is 5.75 Å². The molecule has 1 unspecified atom stereocenters. The van der Waals surface area contributed by atoms with Crippen molar-refractivity contribution < 1.29 is 14.3 Å². The van der Waals surface area contributed by atoms with Gasteiger partial charge in [0.05, 0.1) is 13.2 Å². The molecule has 1 saturated carbocycles. The first-order chi connectivity index (χ1) is 14.5. The van der Waals surface area contributed by atoms with Gasteiger partial charge in [-0.1, -0.05) is 30.3 Å². The van der Waals surface area contributed by atoms with E-state index in [-0.39, 0.29) is 17.9 Å². The molecule has 0 aliphatic heterocycles. The van der Waals surface area contributed by atoms with Crippen LogP contribution in [0.1, 0.15) is 40.4 Å². The molecule has 0 saturated heterocycles. The fourth-order valence-corrected chi connectivity index (χ4v) is 3.18. The van der Waals surface area contributed by atoms with Crippen LogP contribution in [0.2, 0.25) is 0 Å². The van der Waals surface area contributed by atoms with Crippen molar-refractivity contribution in [1.29, 1.82) is 0 Å². The van der Waals surface area contributed by atoms with Gasteiger partial charge in [-0.2, -0.15) is 0 Å². The minimum Gasteiger partial charge on any atom is -0.496 e. The molecule has 1 aliphatic carbocycles. The summed E-state index contributed by atoms with van der Waals surface area (Å²) in [7, 11) is 5.59. The lowest BCUT2D eigenvalue weighted by molar-refractivity contribution is -0.116. The van der Waals surface area contributed by atoms with Crippen molar-refractivity contribution in [3.05, 3.63) is 71.3 Å². The van der Waals surface area contributed by atoms with Crippen molar-refractivity contribution >= 4 is 17.9 Å². The molecule has 0 aromatic heterocycles. The first kappa shape index (κ1) is 21.6. The van der Waals surface area contributed by atoms with E-state index < -0.39 is 0 Å². The molecule has 6 heteroatoms. The maximum atomic E-state index is 12.3. The van der Waals surface area contributed by atoms with Crippen LogP contribution in [0.4, 0.5) is 0 Å². The highest BCUT2D eigenvalue weighted by Gasteiger charge is 2.23. The monoisotopic (exact) mass is 407 g/mol. The standard InChI is InChI=1S/C24H29N3O3/c1-27(2)21(20-6-4-5-7-22(20)30-3)16-25-23(28)15-10-17-8-11-18(12-9-17)24(29)26-19-13-14-19/h4-12,15,19,21H,13-14,16H2,1-3H3,(H,25,28)(H,26,29)/b15-10+. The molecule has 0 heterocycles. The lowest BCUT2D eigenvalue weighted by atomic mass is 10.0. The van der Waals surface area contributed by atoms with Gasteiger partial charge in [0.1, 0.15) is 5.75 Å². The van der Waals surface area contributed by atoms with Gasteiger partial charge in [0.25, 0.3) is 5.91 Å². The summed E-state index contributed by atoms with van der Waals surface area (Å²) in [6.45, 7) is 0.455. The van der Waals surface area contributed by atoms with Crippen LogP contribution in [0.3, 0.4) is 0 Å². The van der Waals surface area contributed by atoms with Crippen LogP contribution in [0.15, 0.2) is 54.6 Å². The van der Waals surface area contributed by atoms with Crippen molar-refractivity contribution in [3.63, 3.8) is 0 Å². The van der Waals surface area contributed by atoms with Crippen LogP contribution in [0.25, 0.3) is 6.08 Å². The summed E-state index contributed by atoms with van der Waals surface area (Å²) in [6, 6.07) is 15.4. The number of nitrogens with one attached hydrogen (secondary N) is 2. The lowest BCUT2D eigenvalue weighted by Gasteiger charge is -2.26. The zero-order chi connectivity index (χ0) is 21.5. The van der Waals surface area contributed by atoms with Gasteiger partial charge in [-0.3, -0.25) is 9.59 Å². The lowest BCUT2D eigenvalue weighted by Crippen LogP contribution is -2.33. The van der Waals surface area contributed by atoms with E-state index in [1.54, 1.807) is 25.3 Å². The highest BCUT2D eigenvalue weighted by molar-refractivity contribution is 5.95. The number of carbonyl (C=O) groups is 2. The summed E-state index contributed by atoms with van der Waals surface area (Å²) in [4.78, 5) is 26.4. The number of ether oxygens (including phenoxy) is 1. The molecule has 3 rings (SSSR count). The second-order valence-electron chi connectivity index (χ2n) is 7.67. The van der Waals surface area contributed by atoms with E-state index in [4.69, 9.17) is 4.74 Å². The van der Waals surface area contributed by atoms with E-state index in [0.29, 0.717) is 18.2 Å². The van der Waals surface area contributed by atoms with Crippen molar-refractivity contribution in [1.82, 2.24) is 15.5 Å². The molecule has 6 nitrogen and oxygen atoms in total. The summed E-state index contributed by atoms with van der Waals surface area (Å²) in [5.74, 6) is 0.580. The van der Waals surface area contributed by atoms with Crippen molar-refractivity contribution in [3.8, 4) is 5.75 Å². The average molecular weight is 408 g/mol. The van der Waals surface area contributed by atoms with E-state index in [9.17, 15) is 9.59 Å². The van der Waals surface area contributed by atoms with Gasteiger partial charge in [-0.25, -0.2) is 0 Å². The number of methoxy groups -OCH3 is 1. The van der Waals surface area contributed by atoms with Crippen LogP contribution >= 0.6 is 0 Å². The number of hydrogen-bond acceptors (Lipinski definition) is 4. The van der Waals surface area contributed by atoms with E-state index in [2.05, 4.69) is 10.6 Å². The van der Waals surface area contributed by atoms with Crippen molar-refractivity contribution in [2.45, 2.75) is 24.9 Å². The number of rotatable bonds is 9. The molecule has 2 amide bonds. The Bertz CT molecular complexity index is 902. The first-order valence-electron chi connectivity index (χ1n) is 10.1. The normalized spacial score (nSPS) is 14.5. The summed E-state index contributed by atoms with van der Waals surface area (Å²) >= 11 is 0. The van der Waals surface area contributed by atoms with Gasteiger partial charge < -0.3 is 20.3 Å². The molecule has 0 radical (unpaired) electrons. The fourth-order valence-electron chi connectivity index (χ4n) is 3.18. The minimum atomic E-state index is -0.174. The van der Waals surface area contributed by atoms with E-state index in [1.165, 1.54) is 6.08 Å². The minimum absolute atomic E-state index is 0.0113. The molecule has 0 spiro atoms. The zero-order valence-electron chi connectivity index (χ0n) is 17.7. The Kier molecular flexibility index (Phi) is 7.25. The van der Waals surface area contributed by atoms with Gasteiger partial charge in [-0.15, -0.1) is 0 Å². The third kappa shape index (κ3) is 5.94. The third-order valence-electron chi connectivity index (χ3n) is 5.10. The van der Waals surface area contributed by atoms with E-state index >= 15 is 0 Å². The Labute approximate surface area is 177 Å². The largest absolute Gasteiger partial charge is 0.496 e. The predicted molar refractivity (Wildman–Crippen MR) is 118 cm³/mol. The molecule has 2 aromatic carbocycles. The van der Waals surface area contributed by atoms with Gasteiger partial charge in [0.15, 0.2) is 0 Å². The molecule has 1 fully saturated rings. The van der Waals surface area contributed by atoms with E-state index in [0.717, 1.165) is 29.7 Å². The highest BCUT2D eigenvalue weighted by atomic mass is 16.5. The van der Waals surface area contributed by atoms with Crippen LogP contribution in [-0.2, 0) is 4.79 Å². The second kappa shape index (κ2) is 10.1. The highest BCUT2D eigenvalue weighted by Crippen LogP contribution is 2.27. The second-order valence-corrected chi connectivity index (χ2v) is 7.67. The topological polar surface area (TPSA) is 70.7 Å². The molecule has 0 bridgehead atoms. The molecular weight excluding hydrogens is 378 g/mol. The Morgan fingerprint density at radius 3 is 2.47 bits per heavy atom. The molecule has 1 aliphatic rings. The fraction of sp³-hybridized carbons (Fsp3) is 0.333. The number of hydrogen-bond donors (Lipinski definition) is 2. The summed E-state index contributed by atoms with van der Waals surface area (Å²) in [5.41, 5.74) is 2.52. The molecule has 30 heavy (non-hydrogen) atoms. The summed E-state index contributed by atoms with van der Waals surface area (Å²) in [6.07, 6.45) is 5.38. The number of para-hydroxylation sites is 1. The smallest absolute Gasteiger partial charge is 0.251 e. The number of nitrogens with zero attached hydrogens (tertiary/aromatic N) is 1. The third-order valence-corrected chi connectivity index (χ3v) is 5.10. The Balaban J connectivity index is 1.56. The number of benzene rings is 2. The average Bonchev–Trinajstić information content (AvgIpc) is 3.56. The van der Waals surface area contributed by atoms with Crippen molar-refractivity contribution in [2.75, 3.05) is 27.7 Å². The van der Waals surface area contributed by atoms with E-state index in [1.807, 2.05) is 55.4 Å². The maximum Gasteiger partial charge on any atom is 0.251 e.